The SMILES string of the molecule is c1ccc(-c2nc(-c3cccc4ccc5c6ccccc6sc5c34)nc3ccccc23)cc1. The molecule has 0 amide bonds. The Bertz CT molecular complexity index is 1820. The van der Waals surface area contributed by atoms with Crippen molar-refractivity contribution in [2.24, 2.45) is 0 Å². The van der Waals surface area contributed by atoms with Crippen LogP contribution in [-0.4, -0.2) is 9.97 Å². The summed E-state index contributed by atoms with van der Waals surface area (Å²) in [6.07, 6.45) is 0. The van der Waals surface area contributed by atoms with Gasteiger partial charge < -0.3 is 0 Å². The average Bonchev–Trinajstić information content (AvgIpc) is 3.27. The standard InChI is InChI=1S/C30H18N2S/c1-2-9-20(10-3-1)28-23-13-4-6-15-25(23)31-30(32-28)24-14-8-11-19-17-18-22-21-12-5-7-16-26(21)33-29(22)27(19)24/h1-18H. The number of rotatable bonds is 2. The first-order valence-corrected chi connectivity index (χ1v) is 11.8. The fraction of sp³-hybridized carbons (Fsp3) is 0. The van der Waals surface area contributed by atoms with E-state index < -0.39 is 0 Å². The molecular weight excluding hydrogens is 420 g/mol. The van der Waals surface area contributed by atoms with Crippen molar-refractivity contribution in [3.63, 3.8) is 0 Å². The summed E-state index contributed by atoms with van der Waals surface area (Å²) < 4.78 is 2.60. The van der Waals surface area contributed by atoms with E-state index in [1.54, 1.807) is 0 Å². The van der Waals surface area contributed by atoms with Crippen LogP contribution in [0.1, 0.15) is 0 Å². The smallest absolute Gasteiger partial charge is 0.161 e. The highest BCUT2D eigenvalue weighted by Gasteiger charge is 2.16. The molecule has 0 atom stereocenters. The van der Waals surface area contributed by atoms with E-state index in [9.17, 15) is 0 Å². The molecule has 0 fully saturated rings. The molecule has 5 aromatic carbocycles. The van der Waals surface area contributed by atoms with Gasteiger partial charge in [0, 0.05) is 42.1 Å². The van der Waals surface area contributed by atoms with Crippen LogP contribution in [0.25, 0.3) is 64.5 Å². The highest BCUT2D eigenvalue weighted by atomic mass is 32.1. The maximum atomic E-state index is 5.15. The summed E-state index contributed by atoms with van der Waals surface area (Å²) in [5.41, 5.74) is 4.11. The van der Waals surface area contributed by atoms with Gasteiger partial charge in [0.25, 0.3) is 0 Å². The summed E-state index contributed by atoms with van der Waals surface area (Å²) in [6.45, 7) is 0. The first kappa shape index (κ1) is 18.5. The predicted molar refractivity (Wildman–Crippen MR) is 141 cm³/mol. The first-order chi connectivity index (χ1) is 16.4. The molecule has 0 radical (unpaired) electrons. The van der Waals surface area contributed by atoms with E-state index in [-0.39, 0.29) is 0 Å². The molecular formula is C30H18N2S. The molecule has 0 aliphatic rings. The van der Waals surface area contributed by atoms with Gasteiger partial charge in [0.15, 0.2) is 5.82 Å². The molecule has 7 rings (SSSR count). The number of benzene rings is 5. The normalized spacial score (nSPS) is 11.6. The third-order valence-corrected chi connectivity index (χ3v) is 7.48. The topological polar surface area (TPSA) is 25.8 Å². The van der Waals surface area contributed by atoms with E-state index in [1.807, 2.05) is 23.5 Å². The van der Waals surface area contributed by atoms with Gasteiger partial charge in [0.1, 0.15) is 0 Å². The summed E-state index contributed by atoms with van der Waals surface area (Å²) in [5, 5.41) is 6.10. The Kier molecular flexibility index (Phi) is 4.05. The number of para-hydroxylation sites is 1. The minimum atomic E-state index is 0.767. The van der Waals surface area contributed by atoms with Crippen LogP contribution in [-0.2, 0) is 0 Å². The summed E-state index contributed by atoms with van der Waals surface area (Å²) >= 11 is 1.85. The number of hydrogen-bond acceptors (Lipinski definition) is 3. The Hall–Kier alpha value is -4.08. The fourth-order valence-corrected chi connectivity index (χ4v) is 6.02. The summed E-state index contributed by atoms with van der Waals surface area (Å²) in [4.78, 5) is 10.2. The average molecular weight is 439 g/mol. The number of thiophene rings is 1. The number of aromatic nitrogens is 2. The van der Waals surface area contributed by atoms with Crippen molar-refractivity contribution in [2.45, 2.75) is 0 Å². The maximum Gasteiger partial charge on any atom is 0.161 e. The lowest BCUT2D eigenvalue weighted by molar-refractivity contribution is 1.23. The van der Waals surface area contributed by atoms with Gasteiger partial charge in [-0.2, -0.15) is 0 Å². The lowest BCUT2D eigenvalue weighted by atomic mass is 10.00. The highest BCUT2D eigenvalue weighted by Crippen LogP contribution is 2.42. The van der Waals surface area contributed by atoms with Crippen molar-refractivity contribution < 1.29 is 0 Å². The monoisotopic (exact) mass is 438 g/mol. The molecule has 0 aliphatic heterocycles. The molecule has 2 heterocycles. The van der Waals surface area contributed by atoms with Gasteiger partial charge >= 0.3 is 0 Å². The fourth-order valence-electron chi connectivity index (χ4n) is 4.75. The molecule has 2 aromatic heterocycles. The van der Waals surface area contributed by atoms with Crippen LogP contribution in [0.15, 0.2) is 109 Å². The third-order valence-electron chi connectivity index (χ3n) is 6.28. The minimum Gasteiger partial charge on any atom is -0.228 e. The largest absolute Gasteiger partial charge is 0.228 e. The van der Waals surface area contributed by atoms with Crippen molar-refractivity contribution in [1.29, 1.82) is 0 Å². The molecule has 0 bridgehead atoms. The Balaban J connectivity index is 1.60. The van der Waals surface area contributed by atoms with E-state index >= 15 is 0 Å². The third kappa shape index (κ3) is 2.86. The van der Waals surface area contributed by atoms with Crippen LogP contribution in [0.5, 0.6) is 0 Å². The second-order valence-electron chi connectivity index (χ2n) is 8.22. The maximum absolute atomic E-state index is 5.15. The number of hydrogen-bond donors (Lipinski definition) is 0. The lowest BCUT2D eigenvalue weighted by Crippen LogP contribution is -1.95. The van der Waals surface area contributed by atoms with Gasteiger partial charge in [-0.25, -0.2) is 9.97 Å². The Labute approximate surface area is 194 Å². The van der Waals surface area contributed by atoms with Gasteiger partial charge in [-0.05, 0) is 17.5 Å². The van der Waals surface area contributed by atoms with Gasteiger partial charge in [0.2, 0.25) is 0 Å². The van der Waals surface area contributed by atoms with E-state index in [4.69, 9.17) is 9.97 Å². The molecule has 0 N–H and O–H groups in total. The molecule has 3 heteroatoms. The molecule has 0 saturated heterocycles. The summed E-state index contributed by atoms with van der Waals surface area (Å²) in [6, 6.07) is 38.2. The van der Waals surface area contributed by atoms with Gasteiger partial charge in [-0.1, -0.05) is 97.1 Å². The molecule has 2 nitrogen and oxygen atoms in total. The zero-order valence-electron chi connectivity index (χ0n) is 17.7. The van der Waals surface area contributed by atoms with Crippen molar-refractivity contribution >= 4 is 53.2 Å². The van der Waals surface area contributed by atoms with Crippen LogP contribution >= 0.6 is 11.3 Å². The van der Waals surface area contributed by atoms with Crippen LogP contribution in [0.2, 0.25) is 0 Å². The quantitative estimate of drug-likeness (QED) is 0.270. The number of nitrogens with zero attached hydrogens (tertiary/aromatic N) is 2. The van der Waals surface area contributed by atoms with Gasteiger partial charge in [-0.3, -0.25) is 0 Å². The van der Waals surface area contributed by atoms with Crippen LogP contribution in [0.4, 0.5) is 0 Å². The molecule has 0 aliphatic carbocycles. The van der Waals surface area contributed by atoms with Crippen LogP contribution in [0, 0.1) is 0 Å². The Morgan fingerprint density at radius 2 is 1.33 bits per heavy atom. The zero-order valence-corrected chi connectivity index (χ0v) is 18.5. The molecule has 0 saturated carbocycles. The number of fused-ring (bicyclic) bond motifs is 6. The van der Waals surface area contributed by atoms with E-state index in [0.717, 1.165) is 33.5 Å². The van der Waals surface area contributed by atoms with Crippen molar-refractivity contribution in [3.8, 4) is 22.6 Å². The Morgan fingerprint density at radius 1 is 0.545 bits per heavy atom. The highest BCUT2D eigenvalue weighted by molar-refractivity contribution is 7.26. The van der Waals surface area contributed by atoms with Crippen LogP contribution < -0.4 is 0 Å². The zero-order chi connectivity index (χ0) is 21.8. The second-order valence-corrected chi connectivity index (χ2v) is 9.28. The Morgan fingerprint density at radius 3 is 2.24 bits per heavy atom. The summed E-state index contributed by atoms with van der Waals surface area (Å²) in [5.74, 6) is 0.767. The van der Waals surface area contributed by atoms with Gasteiger partial charge in [0.05, 0.1) is 11.2 Å². The summed E-state index contributed by atoms with van der Waals surface area (Å²) in [7, 11) is 0. The van der Waals surface area contributed by atoms with Crippen molar-refractivity contribution in [1.82, 2.24) is 9.97 Å². The van der Waals surface area contributed by atoms with E-state index in [0.29, 0.717) is 0 Å². The molecule has 0 spiro atoms. The van der Waals surface area contributed by atoms with Crippen molar-refractivity contribution in [2.75, 3.05) is 0 Å². The minimum absolute atomic E-state index is 0.767. The van der Waals surface area contributed by atoms with E-state index in [2.05, 4.69) is 97.1 Å². The molecule has 0 unspecified atom stereocenters. The molecule has 154 valence electrons. The van der Waals surface area contributed by atoms with Crippen LogP contribution in [0.3, 0.4) is 0 Å². The molecule has 33 heavy (non-hydrogen) atoms. The predicted octanol–water partition coefficient (Wildman–Crippen LogP) is 8.48. The first-order valence-electron chi connectivity index (χ1n) is 11.0. The lowest BCUT2D eigenvalue weighted by Gasteiger charge is -2.11. The molecule has 7 aromatic rings. The van der Waals surface area contributed by atoms with Gasteiger partial charge in [-0.15, -0.1) is 11.3 Å². The second kappa shape index (κ2) is 7.22. The van der Waals surface area contributed by atoms with E-state index in [1.165, 1.54) is 30.9 Å². The van der Waals surface area contributed by atoms with Crippen molar-refractivity contribution in [3.05, 3.63) is 109 Å².